The molecule has 0 radical (unpaired) electrons. The predicted molar refractivity (Wildman–Crippen MR) is 96.3 cm³/mol. The summed E-state index contributed by atoms with van der Waals surface area (Å²) in [6, 6.07) is 1.49. The molecule has 0 aromatic rings. The van der Waals surface area contributed by atoms with Gasteiger partial charge < -0.3 is 5.11 Å². The van der Waals surface area contributed by atoms with E-state index in [1.165, 1.54) is 99.8 Å². The number of carboxylic acid groups (broad SMARTS) is 1. The summed E-state index contributed by atoms with van der Waals surface area (Å²) >= 11 is 0. The van der Waals surface area contributed by atoms with Crippen molar-refractivity contribution < 1.29 is 9.90 Å². The molecule has 0 aromatic carbocycles. The Labute approximate surface area is 135 Å². The van der Waals surface area contributed by atoms with Crippen LogP contribution >= 0.6 is 0 Å². The lowest BCUT2D eigenvalue weighted by atomic mass is 10.0. The largest absolute Gasteiger partial charge is 0.481 e. The van der Waals surface area contributed by atoms with Gasteiger partial charge in [-0.25, -0.2) is 0 Å². The van der Waals surface area contributed by atoms with Crippen LogP contribution in [-0.2, 0) is 4.79 Å². The first-order chi connectivity index (χ1) is 10.3. The van der Waals surface area contributed by atoms with Gasteiger partial charge in [0.1, 0.15) is 0 Å². The van der Waals surface area contributed by atoms with Crippen molar-refractivity contribution in [2.45, 2.75) is 109 Å². The zero-order valence-electron chi connectivity index (χ0n) is 14.4. The predicted octanol–water partition coefficient (Wildman–Crippen LogP) is 5.10. The van der Waals surface area contributed by atoms with Gasteiger partial charge in [-0.15, -0.1) is 0 Å². The van der Waals surface area contributed by atoms with Crippen LogP contribution in [0.25, 0.3) is 0 Å². The fourth-order valence-corrected chi connectivity index (χ4v) is 3.32. The van der Waals surface area contributed by atoms with Gasteiger partial charge in [0.15, 0.2) is 0 Å². The maximum absolute atomic E-state index is 10.3. The van der Waals surface area contributed by atoms with E-state index in [1.54, 1.807) is 0 Å². The molecule has 3 heteroatoms. The minimum atomic E-state index is -0.651. The van der Waals surface area contributed by atoms with Crippen molar-refractivity contribution >= 4 is 16.2 Å². The first kappa shape index (κ1) is 20.7. The molecule has 0 saturated heterocycles. The van der Waals surface area contributed by atoms with Gasteiger partial charge in [-0.2, -0.15) is 0 Å². The highest BCUT2D eigenvalue weighted by molar-refractivity contribution is 6.08. The van der Waals surface area contributed by atoms with E-state index in [4.69, 9.17) is 5.11 Å². The number of aliphatic carboxylic acids is 1. The Bertz CT molecular complexity index is 219. The standard InChI is InChI=1S/C18H38O2Si/c19-18(20)16-14-12-10-8-6-4-2-1-3-5-7-9-11-13-15-17-21/h1-17H2,21H3,(H,19,20). The van der Waals surface area contributed by atoms with E-state index in [2.05, 4.69) is 0 Å². The second kappa shape index (κ2) is 17.7. The number of carbonyl (C=O) groups is 1. The van der Waals surface area contributed by atoms with E-state index >= 15 is 0 Å². The van der Waals surface area contributed by atoms with Crippen molar-refractivity contribution in [3.8, 4) is 0 Å². The van der Waals surface area contributed by atoms with Gasteiger partial charge in [0.2, 0.25) is 0 Å². The van der Waals surface area contributed by atoms with Gasteiger partial charge in [-0.05, 0) is 6.42 Å². The van der Waals surface area contributed by atoms with Gasteiger partial charge in [0.25, 0.3) is 0 Å². The third-order valence-corrected chi connectivity index (χ3v) is 4.95. The average molecular weight is 315 g/mol. The Hall–Kier alpha value is -0.313. The highest BCUT2D eigenvalue weighted by atomic mass is 28.1. The lowest BCUT2D eigenvalue weighted by molar-refractivity contribution is -0.137. The smallest absolute Gasteiger partial charge is 0.303 e. The van der Waals surface area contributed by atoms with Gasteiger partial charge in [-0.1, -0.05) is 95.9 Å². The Morgan fingerprint density at radius 1 is 0.571 bits per heavy atom. The van der Waals surface area contributed by atoms with E-state index in [0.717, 1.165) is 12.8 Å². The molecule has 0 saturated carbocycles. The molecule has 0 aliphatic rings. The quantitative estimate of drug-likeness (QED) is 0.300. The normalized spacial score (nSPS) is 11.0. The minimum Gasteiger partial charge on any atom is -0.481 e. The van der Waals surface area contributed by atoms with E-state index in [0.29, 0.717) is 6.42 Å². The van der Waals surface area contributed by atoms with Crippen LogP contribution in [0.3, 0.4) is 0 Å². The maximum Gasteiger partial charge on any atom is 0.303 e. The topological polar surface area (TPSA) is 37.3 Å². The van der Waals surface area contributed by atoms with Gasteiger partial charge in [0.05, 0.1) is 0 Å². The van der Waals surface area contributed by atoms with Crippen LogP contribution in [0.15, 0.2) is 0 Å². The van der Waals surface area contributed by atoms with Gasteiger partial charge >= 0.3 is 5.97 Å². The van der Waals surface area contributed by atoms with Crippen molar-refractivity contribution in [2.24, 2.45) is 0 Å². The van der Waals surface area contributed by atoms with E-state index in [-0.39, 0.29) is 0 Å². The number of hydrogen-bond donors (Lipinski definition) is 1. The van der Waals surface area contributed by atoms with Gasteiger partial charge in [0, 0.05) is 16.7 Å². The molecule has 0 heterocycles. The summed E-state index contributed by atoms with van der Waals surface area (Å²) in [7, 11) is 1.39. The zero-order valence-corrected chi connectivity index (χ0v) is 16.4. The number of carboxylic acids is 1. The van der Waals surface area contributed by atoms with Crippen molar-refractivity contribution in [1.29, 1.82) is 0 Å². The third-order valence-electron chi connectivity index (χ3n) is 4.24. The first-order valence-corrected chi connectivity index (χ1v) is 10.9. The minimum absolute atomic E-state index is 0.347. The van der Waals surface area contributed by atoms with Gasteiger partial charge in [-0.3, -0.25) is 4.79 Å². The molecule has 21 heavy (non-hydrogen) atoms. The molecule has 0 aliphatic carbocycles. The Balaban J connectivity index is 2.95. The molecular weight excluding hydrogens is 276 g/mol. The molecule has 0 atom stereocenters. The summed E-state index contributed by atoms with van der Waals surface area (Å²) in [6.07, 6.45) is 20.5. The summed E-state index contributed by atoms with van der Waals surface area (Å²) in [4.78, 5) is 10.3. The van der Waals surface area contributed by atoms with Crippen molar-refractivity contribution in [2.75, 3.05) is 0 Å². The molecule has 2 nitrogen and oxygen atoms in total. The number of rotatable bonds is 17. The Kier molecular flexibility index (Phi) is 17.5. The summed E-state index contributed by atoms with van der Waals surface area (Å²) in [5.74, 6) is -0.651. The highest BCUT2D eigenvalue weighted by Crippen LogP contribution is 2.13. The zero-order chi connectivity index (χ0) is 15.6. The van der Waals surface area contributed by atoms with Crippen molar-refractivity contribution in [3.63, 3.8) is 0 Å². The van der Waals surface area contributed by atoms with Crippen LogP contribution in [-0.4, -0.2) is 21.3 Å². The molecule has 0 aromatic heterocycles. The van der Waals surface area contributed by atoms with Crippen LogP contribution in [0.4, 0.5) is 0 Å². The molecule has 0 amide bonds. The van der Waals surface area contributed by atoms with E-state index in [1.807, 2.05) is 0 Å². The molecule has 0 fully saturated rings. The molecule has 0 spiro atoms. The van der Waals surface area contributed by atoms with E-state index in [9.17, 15) is 4.79 Å². The SMILES string of the molecule is O=C(O)CCCCCCCCCCCCCCCCC[SiH3]. The summed E-state index contributed by atoms with van der Waals surface area (Å²) in [5, 5.41) is 8.53. The van der Waals surface area contributed by atoms with Crippen LogP contribution in [0.2, 0.25) is 6.04 Å². The molecule has 0 aliphatic heterocycles. The number of hydrogen-bond acceptors (Lipinski definition) is 1. The second-order valence-corrected chi connectivity index (χ2v) is 7.45. The molecule has 1 N–H and O–H groups in total. The molecule has 0 rings (SSSR count). The fourth-order valence-electron chi connectivity index (χ4n) is 2.82. The Morgan fingerprint density at radius 2 is 0.857 bits per heavy atom. The summed E-state index contributed by atoms with van der Waals surface area (Å²) in [5.41, 5.74) is 0. The molecule has 0 unspecified atom stereocenters. The first-order valence-electron chi connectivity index (χ1n) is 9.49. The summed E-state index contributed by atoms with van der Waals surface area (Å²) in [6.45, 7) is 0. The van der Waals surface area contributed by atoms with Crippen LogP contribution < -0.4 is 0 Å². The third kappa shape index (κ3) is 19.7. The lowest BCUT2D eigenvalue weighted by Crippen LogP contribution is -1.93. The molecule has 0 bridgehead atoms. The lowest BCUT2D eigenvalue weighted by Gasteiger charge is -2.03. The van der Waals surface area contributed by atoms with Crippen LogP contribution in [0.5, 0.6) is 0 Å². The monoisotopic (exact) mass is 314 g/mol. The van der Waals surface area contributed by atoms with Crippen molar-refractivity contribution in [1.82, 2.24) is 0 Å². The molecular formula is C18H38O2Si. The maximum atomic E-state index is 10.3. The van der Waals surface area contributed by atoms with Crippen molar-refractivity contribution in [3.05, 3.63) is 0 Å². The average Bonchev–Trinajstić information content (AvgIpc) is 2.46. The number of unbranched alkanes of at least 4 members (excludes halogenated alkanes) is 14. The summed E-state index contributed by atoms with van der Waals surface area (Å²) < 4.78 is 0. The second-order valence-electron chi connectivity index (χ2n) is 6.45. The Morgan fingerprint density at radius 3 is 1.14 bits per heavy atom. The van der Waals surface area contributed by atoms with Crippen LogP contribution in [0.1, 0.15) is 103 Å². The highest BCUT2D eigenvalue weighted by Gasteiger charge is 1.97. The van der Waals surface area contributed by atoms with E-state index < -0.39 is 5.97 Å². The fraction of sp³-hybridized carbons (Fsp3) is 0.944. The van der Waals surface area contributed by atoms with Crippen LogP contribution in [0, 0.1) is 0 Å². The molecule has 126 valence electrons.